The van der Waals surface area contributed by atoms with Crippen molar-refractivity contribution < 1.29 is 0 Å². The molecule has 1 aliphatic heterocycles. The zero-order chi connectivity index (χ0) is 14.8. The number of nitrogens with one attached hydrogen (secondary N) is 1. The van der Waals surface area contributed by atoms with Crippen molar-refractivity contribution in [2.24, 2.45) is 5.92 Å². The Morgan fingerprint density at radius 2 is 2.05 bits per heavy atom. The van der Waals surface area contributed by atoms with Crippen molar-refractivity contribution in [1.29, 1.82) is 0 Å². The van der Waals surface area contributed by atoms with Gasteiger partial charge in [-0.25, -0.2) is 4.98 Å². The second-order valence-corrected chi connectivity index (χ2v) is 6.12. The van der Waals surface area contributed by atoms with E-state index in [-0.39, 0.29) is 0 Å². The molecule has 2 aliphatic rings. The minimum absolute atomic E-state index is 0.625. The van der Waals surface area contributed by atoms with Crippen LogP contribution in [0.4, 0.5) is 11.6 Å². The number of anilines is 2. The summed E-state index contributed by atoms with van der Waals surface area (Å²) < 4.78 is 0. The average molecular weight is 296 g/mol. The van der Waals surface area contributed by atoms with Gasteiger partial charge in [0.1, 0.15) is 5.82 Å². The van der Waals surface area contributed by atoms with Crippen molar-refractivity contribution in [3.63, 3.8) is 0 Å². The van der Waals surface area contributed by atoms with Gasteiger partial charge in [0.05, 0.1) is 11.9 Å². The summed E-state index contributed by atoms with van der Waals surface area (Å²) in [6, 6.07) is 2.24. The molecule has 4 rings (SSSR count). The maximum atomic E-state index is 4.42. The summed E-state index contributed by atoms with van der Waals surface area (Å²) in [5.74, 6) is 2.51. The van der Waals surface area contributed by atoms with E-state index in [2.05, 4.69) is 36.4 Å². The number of aryl methyl sites for hydroxylation is 2. The molecule has 2 aromatic rings. The molecule has 0 saturated carbocycles. The van der Waals surface area contributed by atoms with Crippen molar-refractivity contribution >= 4 is 11.6 Å². The van der Waals surface area contributed by atoms with Crippen LogP contribution >= 0.6 is 0 Å². The Hall–Kier alpha value is -2.24. The van der Waals surface area contributed by atoms with Gasteiger partial charge in [-0.1, -0.05) is 0 Å². The fourth-order valence-electron chi connectivity index (χ4n) is 3.16. The maximum absolute atomic E-state index is 4.42. The first-order valence-electron chi connectivity index (χ1n) is 7.99. The lowest BCUT2D eigenvalue weighted by Crippen LogP contribution is -2.50. The molecule has 2 aromatic heterocycles. The normalized spacial score (nSPS) is 17.7. The van der Waals surface area contributed by atoms with E-state index >= 15 is 0 Å². The van der Waals surface area contributed by atoms with E-state index in [0.29, 0.717) is 5.92 Å². The summed E-state index contributed by atoms with van der Waals surface area (Å²) in [6.07, 6.45) is 9.93. The van der Waals surface area contributed by atoms with Crippen LogP contribution in [-0.4, -0.2) is 39.8 Å². The van der Waals surface area contributed by atoms with E-state index in [4.69, 9.17) is 0 Å². The molecule has 1 aliphatic carbocycles. The highest BCUT2D eigenvalue weighted by Crippen LogP contribution is 2.26. The zero-order valence-electron chi connectivity index (χ0n) is 12.6. The molecule has 1 saturated heterocycles. The number of nitrogens with zero attached hydrogens (tertiary/aromatic N) is 5. The van der Waals surface area contributed by atoms with Crippen molar-refractivity contribution in [2.75, 3.05) is 29.9 Å². The summed E-state index contributed by atoms with van der Waals surface area (Å²) >= 11 is 0. The topological polar surface area (TPSA) is 66.8 Å². The second-order valence-electron chi connectivity index (χ2n) is 6.12. The third-order valence-electron chi connectivity index (χ3n) is 4.47. The Balaban J connectivity index is 1.31. The standard InChI is InChI=1S/C16H20N6/c1-2-4-14-13(3-1)7-16(21-20-14)22-10-12(11-22)8-19-15-9-17-5-6-18-15/h5-7,9,12H,1-4,8,10-11H2,(H,18,19). The van der Waals surface area contributed by atoms with Crippen LogP contribution in [0, 0.1) is 5.92 Å². The van der Waals surface area contributed by atoms with E-state index in [1.165, 1.54) is 24.1 Å². The Bertz CT molecular complexity index is 638. The fraction of sp³-hybridized carbons (Fsp3) is 0.500. The summed E-state index contributed by atoms with van der Waals surface area (Å²) in [5.41, 5.74) is 2.61. The van der Waals surface area contributed by atoms with Crippen LogP contribution in [0.15, 0.2) is 24.7 Å². The molecule has 22 heavy (non-hydrogen) atoms. The minimum Gasteiger partial charge on any atom is -0.368 e. The van der Waals surface area contributed by atoms with Gasteiger partial charge in [-0.15, -0.1) is 5.10 Å². The van der Waals surface area contributed by atoms with Crippen LogP contribution in [0.2, 0.25) is 0 Å². The lowest BCUT2D eigenvalue weighted by atomic mass is 9.95. The van der Waals surface area contributed by atoms with Crippen molar-refractivity contribution in [2.45, 2.75) is 25.7 Å². The number of hydrogen-bond acceptors (Lipinski definition) is 6. The number of aromatic nitrogens is 4. The van der Waals surface area contributed by atoms with Crippen molar-refractivity contribution in [3.05, 3.63) is 35.9 Å². The molecule has 1 N–H and O–H groups in total. The van der Waals surface area contributed by atoms with Gasteiger partial charge in [0.25, 0.3) is 0 Å². The number of fused-ring (bicyclic) bond motifs is 1. The highest BCUT2D eigenvalue weighted by molar-refractivity contribution is 5.45. The minimum atomic E-state index is 0.625. The molecule has 0 spiro atoms. The molecule has 0 unspecified atom stereocenters. The molecule has 6 nitrogen and oxygen atoms in total. The molecule has 114 valence electrons. The quantitative estimate of drug-likeness (QED) is 0.926. The van der Waals surface area contributed by atoms with Crippen LogP contribution in [-0.2, 0) is 12.8 Å². The van der Waals surface area contributed by atoms with Gasteiger partial charge in [0.15, 0.2) is 5.82 Å². The lowest BCUT2D eigenvalue weighted by molar-refractivity contribution is 0.424. The molecule has 0 amide bonds. The van der Waals surface area contributed by atoms with Crippen LogP contribution < -0.4 is 10.2 Å². The highest BCUT2D eigenvalue weighted by Gasteiger charge is 2.28. The van der Waals surface area contributed by atoms with E-state index in [0.717, 1.165) is 44.1 Å². The molecule has 0 bridgehead atoms. The number of hydrogen-bond donors (Lipinski definition) is 1. The highest BCUT2D eigenvalue weighted by atomic mass is 15.3. The molecule has 6 heteroatoms. The first kappa shape index (κ1) is 13.4. The summed E-state index contributed by atoms with van der Waals surface area (Å²) in [4.78, 5) is 10.6. The Morgan fingerprint density at radius 3 is 2.91 bits per heavy atom. The average Bonchev–Trinajstić information content (AvgIpc) is 2.54. The van der Waals surface area contributed by atoms with E-state index in [9.17, 15) is 0 Å². The second kappa shape index (κ2) is 5.87. The first-order chi connectivity index (χ1) is 10.9. The van der Waals surface area contributed by atoms with E-state index in [1.807, 2.05) is 0 Å². The Labute approximate surface area is 130 Å². The fourth-order valence-corrected chi connectivity index (χ4v) is 3.16. The third kappa shape index (κ3) is 2.73. The summed E-state index contributed by atoms with van der Waals surface area (Å²) in [7, 11) is 0. The maximum Gasteiger partial charge on any atom is 0.151 e. The van der Waals surface area contributed by atoms with Crippen LogP contribution in [0.25, 0.3) is 0 Å². The molecule has 0 atom stereocenters. The van der Waals surface area contributed by atoms with Crippen LogP contribution in [0.5, 0.6) is 0 Å². The van der Waals surface area contributed by atoms with Gasteiger partial charge in [-0.2, -0.15) is 5.10 Å². The van der Waals surface area contributed by atoms with E-state index in [1.54, 1.807) is 18.6 Å². The van der Waals surface area contributed by atoms with Gasteiger partial charge in [0, 0.05) is 37.9 Å². The van der Waals surface area contributed by atoms with Gasteiger partial charge in [-0.3, -0.25) is 4.98 Å². The molecular formula is C16H20N6. The van der Waals surface area contributed by atoms with Gasteiger partial charge in [-0.05, 0) is 37.3 Å². The van der Waals surface area contributed by atoms with Gasteiger partial charge < -0.3 is 10.2 Å². The van der Waals surface area contributed by atoms with Crippen LogP contribution in [0.1, 0.15) is 24.1 Å². The van der Waals surface area contributed by atoms with Crippen molar-refractivity contribution in [3.8, 4) is 0 Å². The largest absolute Gasteiger partial charge is 0.368 e. The van der Waals surface area contributed by atoms with Gasteiger partial charge in [0.2, 0.25) is 0 Å². The predicted octanol–water partition coefficient (Wildman–Crippen LogP) is 1.69. The number of rotatable bonds is 4. The molecule has 3 heterocycles. The predicted molar refractivity (Wildman–Crippen MR) is 84.9 cm³/mol. The third-order valence-corrected chi connectivity index (χ3v) is 4.47. The smallest absolute Gasteiger partial charge is 0.151 e. The lowest BCUT2D eigenvalue weighted by Gasteiger charge is -2.40. The molecule has 0 aromatic carbocycles. The Morgan fingerprint density at radius 1 is 1.14 bits per heavy atom. The summed E-state index contributed by atoms with van der Waals surface area (Å²) in [6.45, 7) is 2.98. The van der Waals surface area contributed by atoms with Crippen molar-refractivity contribution in [1.82, 2.24) is 20.2 Å². The first-order valence-corrected chi connectivity index (χ1v) is 7.99. The Kier molecular flexibility index (Phi) is 3.58. The SMILES string of the molecule is c1cnc(NCC2CN(c3cc4c(nn3)CCCC4)C2)cn1. The van der Waals surface area contributed by atoms with Gasteiger partial charge >= 0.3 is 0 Å². The molecule has 0 radical (unpaired) electrons. The summed E-state index contributed by atoms with van der Waals surface area (Å²) in [5, 5.41) is 12.1. The zero-order valence-corrected chi connectivity index (χ0v) is 12.6. The monoisotopic (exact) mass is 296 g/mol. The molecular weight excluding hydrogens is 276 g/mol. The van der Waals surface area contributed by atoms with Crippen LogP contribution in [0.3, 0.4) is 0 Å². The molecule has 1 fully saturated rings. The van der Waals surface area contributed by atoms with E-state index < -0.39 is 0 Å².